The van der Waals surface area contributed by atoms with Crippen LogP contribution >= 0.6 is 0 Å². The Morgan fingerprint density at radius 1 is 0.750 bits per heavy atom. The first-order chi connectivity index (χ1) is 15.5. The van der Waals surface area contributed by atoms with E-state index in [2.05, 4.69) is 15.0 Å². The van der Waals surface area contributed by atoms with Gasteiger partial charge in [-0.05, 0) is 12.1 Å². The summed E-state index contributed by atoms with van der Waals surface area (Å²) in [6.07, 6.45) is 0. The predicted octanol–water partition coefficient (Wildman–Crippen LogP) is 2.52. The van der Waals surface area contributed by atoms with E-state index in [0.717, 1.165) is 0 Å². The number of fused-ring (bicyclic) bond motifs is 4. The van der Waals surface area contributed by atoms with Gasteiger partial charge in [-0.15, -0.1) is 0 Å². The maximum atomic E-state index is 13.5. The normalized spacial score (nSPS) is 11.9. The summed E-state index contributed by atoms with van der Waals surface area (Å²) in [7, 11) is 4.41. The second-order valence-corrected chi connectivity index (χ2v) is 7.10. The number of H-pyrrole nitrogens is 2. The van der Waals surface area contributed by atoms with Gasteiger partial charge in [-0.25, -0.2) is 9.78 Å². The molecule has 2 aromatic carbocycles. The predicted molar refractivity (Wildman–Crippen MR) is 117 cm³/mol. The summed E-state index contributed by atoms with van der Waals surface area (Å²) in [6, 6.07) is 10.4. The number of aromatic amines is 2. The Bertz CT molecular complexity index is 1550. The van der Waals surface area contributed by atoms with Crippen molar-refractivity contribution in [2.24, 2.45) is 0 Å². The molecule has 0 atom stereocenters. The second-order valence-electron chi connectivity index (χ2n) is 7.10. The molecule has 0 bridgehead atoms. The molecule has 2 N–H and O–H groups in total. The number of methoxy groups -OCH3 is 3. The molecule has 0 saturated heterocycles. The Morgan fingerprint density at radius 3 is 2.16 bits per heavy atom. The molecule has 2 heterocycles. The number of pyridine rings is 1. The molecule has 0 saturated carbocycles. The van der Waals surface area contributed by atoms with E-state index in [0.29, 0.717) is 39.4 Å². The fourth-order valence-corrected chi connectivity index (χ4v) is 4.21. The third-order valence-electron chi connectivity index (χ3n) is 5.51. The minimum Gasteiger partial charge on any atom is -0.493 e. The van der Waals surface area contributed by atoms with Crippen molar-refractivity contribution in [2.45, 2.75) is 0 Å². The first kappa shape index (κ1) is 19.6. The van der Waals surface area contributed by atoms with Crippen LogP contribution in [-0.2, 0) is 0 Å². The van der Waals surface area contributed by atoms with Crippen LogP contribution < -0.4 is 25.5 Å². The third-order valence-corrected chi connectivity index (χ3v) is 5.51. The summed E-state index contributed by atoms with van der Waals surface area (Å²) < 4.78 is 16.5. The summed E-state index contributed by atoms with van der Waals surface area (Å²) >= 11 is 0. The number of benzene rings is 2. The molecule has 160 valence electrons. The molecule has 0 unspecified atom stereocenters. The topological polar surface area (TPSA) is 123 Å². The molecule has 2 aromatic heterocycles. The smallest absolute Gasteiger partial charge is 0.327 e. The highest BCUT2D eigenvalue weighted by atomic mass is 16.5. The van der Waals surface area contributed by atoms with Gasteiger partial charge in [0.1, 0.15) is 5.65 Å². The maximum absolute atomic E-state index is 13.5. The molecule has 1 aliphatic rings. The third kappa shape index (κ3) is 2.57. The lowest BCUT2D eigenvalue weighted by atomic mass is 9.94. The number of ketones is 1. The molecule has 0 aliphatic heterocycles. The van der Waals surface area contributed by atoms with E-state index in [9.17, 15) is 14.4 Å². The Morgan fingerprint density at radius 2 is 1.47 bits per heavy atom. The van der Waals surface area contributed by atoms with Gasteiger partial charge in [0, 0.05) is 22.3 Å². The van der Waals surface area contributed by atoms with Gasteiger partial charge < -0.3 is 14.2 Å². The van der Waals surface area contributed by atoms with Crippen LogP contribution in [0, 0.1) is 0 Å². The SMILES string of the molecule is COc1ccc(-c2c3c(nc4[nH]c(=O)[nH]c(=O)c24)-c2ccccc2C3=O)c(OC)c1OC. The first-order valence-electron chi connectivity index (χ1n) is 9.63. The van der Waals surface area contributed by atoms with Crippen molar-refractivity contribution in [3.8, 4) is 39.6 Å². The monoisotopic (exact) mass is 431 g/mol. The fraction of sp³-hybridized carbons (Fsp3) is 0.130. The number of carbonyl (C=O) groups is 1. The molecule has 0 fully saturated rings. The van der Waals surface area contributed by atoms with Crippen molar-refractivity contribution in [1.82, 2.24) is 15.0 Å². The minimum atomic E-state index is -0.696. The highest BCUT2D eigenvalue weighted by Crippen LogP contribution is 2.49. The second kappa shape index (κ2) is 7.09. The Balaban J connectivity index is 2.01. The summed E-state index contributed by atoms with van der Waals surface area (Å²) in [6.45, 7) is 0. The Labute approximate surface area is 180 Å². The van der Waals surface area contributed by atoms with Crippen molar-refractivity contribution in [3.63, 3.8) is 0 Å². The molecule has 5 rings (SSSR count). The van der Waals surface area contributed by atoms with E-state index in [1.165, 1.54) is 21.3 Å². The summed E-state index contributed by atoms with van der Waals surface area (Å²) in [5.74, 6) is 0.716. The Kier molecular flexibility index (Phi) is 4.33. The van der Waals surface area contributed by atoms with E-state index >= 15 is 0 Å². The molecule has 32 heavy (non-hydrogen) atoms. The van der Waals surface area contributed by atoms with Gasteiger partial charge in [0.15, 0.2) is 17.3 Å². The maximum Gasteiger partial charge on any atom is 0.327 e. The number of carbonyl (C=O) groups excluding carboxylic acids is 1. The zero-order chi connectivity index (χ0) is 22.6. The summed E-state index contributed by atoms with van der Waals surface area (Å²) in [5, 5.41) is 0.0648. The lowest BCUT2D eigenvalue weighted by Gasteiger charge is -2.18. The molecule has 0 radical (unpaired) electrons. The van der Waals surface area contributed by atoms with E-state index in [4.69, 9.17) is 14.2 Å². The zero-order valence-corrected chi connectivity index (χ0v) is 17.4. The van der Waals surface area contributed by atoms with Crippen LogP contribution in [0.2, 0.25) is 0 Å². The van der Waals surface area contributed by atoms with Crippen LogP contribution in [0.4, 0.5) is 0 Å². The van der Waals surface area contributed by atoms with Crippen LogP contribution in [0.15, 0.2) is 46.0 Å². The summed E-state index contributed by atoms with van der Waals surface area (Å²) in [5.41, 5.74) is 1.13. The Hall–Kier alpha value is -4.40. The van der Waals surface area contributed by atoms with Gasteiger partial charge in [0.05, 0.1) is 38.0 Å². The average molecular weight is 431 g/mol. The molecule has 0 amide bonds. The number of aromatic nitrogens is 3. The van der Waals surface area contributed by atoms with Gasteiger partial charge in [-0.3, -0.25) is 19.6 Å². The highest BCUT2D eigenvalue weighted by molar-refractivity contribution is 6.26. The van der Waals surface area contributed by atoms with Crippen LogP contribution in [0.3, 0.4) is 0 Å². The van der Waals surface area contributed by atoms with Crippen LogP contribution in [0.5, 0.6) is 17.2 Å². The number of nitrogens with one attached hydrogen (secondary N) is 2. The van der Waals surface area contributed by atoms with Gasteiger partial charge in [-0.2, -0.15) is 0 Å². The summed E-state index contributed by atoms with van der Waals surface area (Å²) in [4.78, 5) is 47.7. The minimum absolute atomic E-state index is 0.0637. The molecule has 0 spiro atoms. The van der Waals surface area contributed by atoms with Crippen LogP contribution in [-0.4, -0.2) is 42.1 Å². The molecule has 9 nitrogen and oxygen atoms in total. The van der Waals surface area contributed by atoms with Crippen LogP contribution in [0.25, 0.3) is 33.4 Å². The first-order valence-corrected chi connectivity index (χ1v) is 9.63. The molecular weight excluding hydrogens is 414 g/mol. The zero-order valence-electron chi connectivity index (χ0n) is 17.4. The number of hydrogen-bond acceptors (Lipinski definition) is 7. The lowest BCUT2D eigenvalue weighted by Crippen LogP contribution is -2.23. The van der Waals surface area contributed by atoms with E-state index < -0.39 is 11.2 Å². The fourth-order valence-electron chi connectivity index (χ4n) is 4.21. The quantitative estimate of drug-likeness (QED) is 0.448. The molecule has 4 aromatic rings. The average Bonchev–Trinajstić information content (AvgIpc) is 3.08. The van der Waals surface area contributed by atoms with Crippen molar-refractivity contribution in [1.29, 1.82) is 0 Å². The van der Waals surface area contributed by atoms with Gasteiger partial charge in [0.25, 0.3) is 5.56 Å². The van der Waals surface area contributed by atoms with Gasteiger partial charge in [-0.1, -0.05) is 24.3 Å². The van der Waals surface area contributed by atoms with E-state index in [-0.39, 0.29) is 28.1 Å². The van der Waals surface area contributed by atoms with Crippen molar-refractivity contribution in [2.75, 3.05) is 21.3 Å². The van der Waals surface area contributed by atoms with Gasteiger partial charge >= 0.3 is 5.69 Å². The van der Waals surface area contributed by atoms with Crippen LogP contribution in [0.1, 0.15) is 15.9 Å². The highest BCUT2D eigenvalue weighted by Gasteiger charge is 2.35. The van der Waals surface area contributed by atoms with Crippen molar-refractivity contribution in [3.05, 3.63) is 68.4 Å². The van der Waals surface area contributed by atoms with E-state index in [1.54, 1.807) is 36.4 Å². The number of ether oxygens (including phenoxy) is 3. The standard InChI is InChI=1S/C23H17N3O6/c1-30-13-9-8-12(19(31-2)20(13)32-3)14-15-17(10-6-4-5-7-11(10)18(15)27)24-21-16(14)22(28)26-23(29)25-21/h4-9H,1-3H3,(H2,24,25,26,28,29). The molecule has 1 aliphatic carbocycles. The van der Waals surface area contributed by atoms with E-state index in [1.807, 2.05) is 0 Å². The lowest BCUT2D eigenvalue weighted by molar-refractivity contribution is 0.104. The number of rotatable bonds is 4. The molecule has 9 heteroatoms. The van der Waals surface area contributed by atoms with Gasteiger partial charge in [0.2, 0.25) is 5.75 Å². The molecular formula is C23H17N3O6. The largest absolute Gasteiger partial charge is 0.493 e. The van der Waals surface area contributed by atoms with Crippen molar-refractivity contribution < 1.29 is 19.0 Å². The number of hydrogen-bond donors (Lipinski definition) is 2. The van der Waals surface area contributed by atoms with Crippen molar-refractivity contribution >= 4 is 16.8 Å². The number of nitrogens with zero attached hydrogens (tertiary/aromatic N) is 1.